The van der Waals surface area contributed by atoms with E-state index in [0.717, 1.165) is 12.8 Å². The molecule has 1 amide bonds. The van der Waals surface area contributed by atoms with Gasteiger partial charge in [0.25, 0.3) is 5.91 Å². The maximum atomic E-state index is 13.1. The van der Waals surface area contributed by atoms with E-state index in [1.807, 2.05) is 7.05 Å². The Balaban J connectivity index is 1.62. The van der Waals surface area contributed by atoms with E-state index < -0.39 is 10.0 Å². The zero-order valence-electron chi connectivity index (χ0n) is 18.0. The van der Waals surface area contributed by atoms with E-state index in [9.17, 15) is 13.2 Å². The molecule has 30 heavy (non-hydrogen) atoms. The molecule has 0 aliphatic carbocycles. The van der Waals surface area contributed by atoms with Gasteiger partial charge in [-0.25, -0.2) is 8.42 Å². The fourth-order valence-electron chi connectivity index (χ4n) is 3.54. The average Bonchev–Trinajstić information content (AvgIpc) is 2.73. The molecule has 1 fully saturated rings. The van der Waals surface area contributed by atoms with Crippen molar-refractivity contribution in [1.82, 2.24) is 14.5 Å². The molecule has 1 aliphatic rings. The van der Waals surface area contributed by atoms with Crippen LogP contribution in [0.3, 0.4) is 0 Å². The van der Waals surface area contributed by atoms with Crippen LogP contribution >= 0.6 is 0 Å². The van der Waals surface area contributed by atoms with Gasteiger partial charge in [0, 0.05) is 38.3 Å². The number of hydrogen-bond donors (Lipinski definition) is 1. The minimum atomic E-state index is -3.61. The number of rotatable bonds is 7. The van der Waals surface area contributed by atoms with Gasteiger partial charge in [0.15, 0.2) is 0 Å². The molecule has 7 heteroatoms. The molecule has 6 nitrogen and oxygen atoms in total. The lowest BCUT2D eigenvalue weighted by atomic mass is 10.1. The minimum absolute atomic E-state index is 0.222. The Kier molecular flexibility index (Phi) is 7.28. The highest BCUT2D eigenvalue weighted by Crippen LogP contribution is 2.22. The molecule has 0 spiro atoms. The maximum absolute atomic E-state index is 13.1. The summed E-state index contributed by atoms with van der Waals surface area (Å²) in [6.07, 6.45) is 1.71. The van der Waals surface area contributed by atoms with Crippen LogP contribution in [0.2, 0.25) is 0 Å². The standard InChI is InChI=1S/C23H31N3O3S/c1-18-6-9-20(10-7-18)5-4-12-24-23(27)21-11-8-19(2)22(17-21)30(28,29)26-15-13-25(3)14-16-26/h6-11,17H,4-5,12-16H2,1-3H3,(H,24,27). The van der Waals surface area contributed by atoms with Crippen LogP contribution in [0.15, 0.2) is 47.4 Å². The van der Waals surface area contributed by atoms with Gasteiger partial charge >= 0.3 is 0 Å². The van der Waals surface area contributed by atoms with E-state index in [-0.39, 0.29) is 10.8 Å². The molecule has 0 radical (unpaired) electrons. The van der Waals surface area contributed by atoms with Crippen molar-refractivity contribution in [3.05, 3.63) is 64.7 Å². The van der Waals surface area contributed by atoms with Crippen molar-refractivity contribution in [2.45, 2.75) is 31.6 Å². The van der Waals surface area contributed by atoms with Crippen LogP contribution in [0.5, 0.6) is 0 Å². The van der Waals surface area contributed by atoms with Crippen LogP contribution in [0.4, 0.5) is 0 Å². The molecule has 3 rings (SSSR count). The predicted molar refractivity (Wildman–Crippen MR) is 119 cm³/mol. The van der Waals surface area contributed by atoms with Gasteiger partial charge in [-0.1, -0.05) is 35.9 Å². The van der Waals surface area contributed by atoms with Crippen molar-refractivity contribution < 1.29 is 13.2 Å². The first-order valence-corrected chi connectivity index (χ1v) is 11.8. The Morgan fingerprint density at radius 1 is 1.00 bits per heavy atom. The van der Waals surface area contributed by atoms with E-state index in [2.05, 4.69) is 41.4 Å². The lowest BCUT2D eigenvalue weighted by Gasteiger charge is -2.32. The number of hydrogen-bond acceptors (Lipinski definition) is 4. The third-order valence-electron chi connectivity index (χ3n) is 5.58. The van der Waals surface area contributed by atoms with Gasteiger partial charge in [-0.15, -0.1) is 0 Å². The molecule has 0 bridgehead atoms. The molecule has 1 saturated heterocycles. The van der Waals surface area contributed by atoms with Crippen LogP contribution in [0, 0.1) is 13.8 Å². The molecule has 0 atom stereocenters. The predicted octanol–water partition coefficient (Wildman–Crippen LogP) is 2.60. The van der Waals surface area contributed by atoms with Gasteiger partial charge in [0.1, 0.15) is 0 Å². The first kappa shape index (κ1) is 22.5. The van der Waals surface area contributed by atoms with Crippen LogP contribution < -0.4 is 5.32 Å². The van der Waals surface area contributed by atoms with Gasteiger partial charge in [-0.3, -0.25) is 4.79 Å². The Morgan fingerprint density at radius 3 is 2.33 bits per heavy atom. The summed E-state index contributed by atoms with van der Waals surface area (Å²) in [6.45, 7) is 6.72. The molecule has 1 aliphatic heterocycles. The number of nitrogens with one attached hydrogen (secondary N) is 1. The first-order valence-electron chi connectivity index (χ1n) is 10.4. The summed E-state index contributed by atoms with van der Waals surface area (Å²) < 4.78 is 27.7. The summed E-state index contributed by atoms with van der Waals surface area (Å²) in [7, 11) is -1.63. The summed E-state index contributed by atoms with van der Waals surface area (Å²) >= 11 is 0. The normalized spacial score (nSPS) is 15.8. The van der Waals surface area contributed by atoms with E-state index in [4.69, 9.17) is 0 Å². The monoisotopic (exact) mass is 429 g/mol. The number of likely N-dealkylation sites (N-methyl/N-ethyl adjacent to an activating group) is 1. The third-order valence-corrected chi connectivity index (χ3v) is 7.62. The SMILES string of the molecule is Cc1ccc(CCCNC(=O)c2ccc(C)c(S(=O)(=O)N3CCN(C)CC3)c2)cc1. The topological polar surface area (TPSA) is 69.7 Å². The number of sulfonamides is 1. The van der Waals surface area contributed by atoms with Crippen LogP contribution in [-0.2, 0) is 16.4 Å². The molecular weight excluding hydrogens is 398 g/mol. The van der Waals surface area contributed by atoms with Crippen molar-refractivity contribution in [3.8, 4) is 0 Å². The summed E-state index contributed by atoms with van der Waals surface area (Å²) in [6, 6.07) is 13.3. The number of carbonyl (C=O) groups is 1. The third kappa shape index (κ3) is 5.47. The number of amides is 1. The average molecular weight is 430 g/mol. The van der Waals surface area contributed by atoms with Crippen molar-refractivity contribution in [3.63, 3.8) is 0 Å². The lowest BCUT2D eigenvalue weighted by molar-refractivity contribution is 0.0953. The van der Waals surface area contributed by atoms with E-state index in [1.165, 1.54) is 21.5 Å². The number of nitrogens with zero attached hydrogens (tertiary/aromatic N) is 2. The smallest absolute Gasteiger partial charge is 0.251 e. The quantitative estimate of drug-likeness (QED) is 0.687. The summed E-state index contributed by atoms with van der Waals surface area (Å²) in [5.41, 5.74) is 3.51. The Labute approximate surface area is 179 Å². The first-order chi connectivity index (χ1) is 14.3. The highest BCUT2D eigenvalue weighted by Gasteiger charge is 2.29. The number of benzene rings is 2. The van der Waals surface area contributed by atoms with Gasteiger partial charge < -0.3 is 10.2 Å². The van der Waals surface area contributed by atoms with Crippen LogP contribution in [-0.4, -0.2) is 63.3 Å². The summed E-state index contributed by atoms with van der Waals surface area (Å²) in [4.78, 5) is 14.9. The molecule has 0 aromatic heterocycles. The molecule has 1 heterocycles. The highest BCUT2D eigenvalue weighted by atomic mass is 32.2. The molecule has 0 unspecified atom stereocenters. The number of aryl methyl sites for hydroxylation is 3. The van der Waals surface area contributed by atoms with Gasteiger partial charge in [0.05, 0.1) is 4.90 Å². The largest absolute Gasteiger partial charge is 0.352 e. The zero-order valence-corrected chi connectivity index (χ0v) is 18.8. The molecular formula is C23H31N3O3S. The van der Waals surface area contributed by atoms with Gasteiger partial charge in [0.2, 0.25) is 10.0 Å². The summed E-state index contributed by atoms with van der Waals surface area (Å²) in [5, 5.41) is 2.91. The van der Waals surface area contributed by atoms with Crippen molar-refractivity contribution in [2.75, 3.05) is 39.8 Å². The van der Waals surface area contributed by atoms with E-state index >= 15 is 0 Å². The Hall–Kier alpha value is -2.22. The van der Waals surface area contributed by atoms with Gasteiger partial charge in [-0.05, 0) is 57.0 Å². The Morgan fingerprint density at radius 2 is 1.67 bits per heavy atom. The number of piperazine rings is 1. The fraction of sp³-hybridized carbons (Fsp3) is 0.435. The van der Waals surface area contributed by atoms with Crippen molar-refractivity contribution in [1.29, 1.82) is 0 Å². The second-order valence-electron chi connectivity index (χ2n) is 8.03. The summed E-state index contributed by atoms with van der Waals surface area (Å²) in [5.74, 6) is -0.242. The Bertz CT molecular complexity index is 979. The van der Waals surface area contributed by atoms with Crippen LogP contribution in [0.1, 0.15) is 33.5 Å². The van der Waals surface area contributed by atoms with Crippen LogP contribution in [0.25, 0.3) is 0 Å². The van der Waals surface area contributed by atoms with Crippen molar-refractivity contribution in [2.24, 2.45) is 0 Å². The minimum Gasteiger partial charge on any atom is -0.352 e. The van der Waals surface area contributed by atoms with Gasteiger partial charge in [-0.2, -0.15) is 4.31 Å². The highest BCUT2D eigenvalue weighted by molar-refractivity contribution is 7.89. The van der Waals surface area contributed by atoms with E-state index in [1.54, 1.807) is 19.1 Å². The maximum Gasteiger partial charge on any atom is 0.251 e. The molecule has 2 aromatic rings. The van der Waals surface area contributed by atoms with E-state index in [0.29, 0.717) is 43.9 Å². The number of carbonyl (C=O) groups excluding carboxylic acids is 1. The molecule has 2 aromatic carbocycles. The second kappa shape index (κ2) is 9.73. The molecule has 1 N–H and O–H groups in total. The molecule has 0 saturated carbocycles. The fourth-order valence-corrected chi connectivity index (χ4v) is 5.21. The molecule has 162 valence electrons. The second-order valence-corrected chi connectivity index (χ2v) is 9.94. The van der Waals surface area contributed by atoms with Crippen molar-refractivity contribution >= 4 is 15.9 Å². The zero-order chi connectivity index (χ0) is 21.7. The lowest BCUT2D eigenvalue weighted by Crippen LogP contribution is -2.47.